The minimum absolute atomic E-state index is 0.264. The summed E-state index contributed by atoms with van der Waals surface area (Å²) in [7, 11) is -5.15. The molecule has 0 saturated heterocycles. The highest BCUT2D eigenvalue weighted by Gasteiger charge is 2.51. The summed E-state index contributed by atoms with van der Waals surface area (Å²) in [5, 5.41) is 74.2. The van der Waals surface area contributed by atoms with E-state index in [0.717, 1.165) is 57.8 Å². The lowest BCUT2D eigenvalue weighted by atomic mass is 9.85. The maximum Gasteiger partial charge on any atom is 0.472 e. The van der Waals surface area contributed by atoms with Crippen LogP contribution in [0.3, 0.4) is 0 Å². The third-order valence-corrected chi connectivity index (χ3v) is 12.1. The first kappa shape index (κ1) is 58.0. The maximum atomic E-state index is 13.0. The first-order chi connectivity index (χ1) is 29.8. The quantitative estimate of drug-likeness (QED) is 0.0163. The van der Waals surface area contributed by atoms with Gasteiger partial charge in [-0.15, -0.1) is 0 Å². The Morgan fingerprint density at radius 1 is 0.613 bits per heavy atom. The molecular formula is C48H86NO12P. The number of allylic oxidation sites excluding steroid dienone is 9. The molecule has 0 heterocycles. The minimum Gasteiger partial charge on any atom is -0.393 e. The number of hydrogen-bond acceptors (Lipinski definition) is 11. The second kappa shape index (κ2) is 37.2. The van der Waals surface area contributed by atoms with Crippen molar-refractivity contribution in [2.75, 3.05) is 6.61 Å². The van der Waals surface area contributed by atoms with E-state index in [4.69, 9.17) is 9.05 Å². The lowest BCUT2D eigenvalue weighted by Crippen LogP contribution is -2.64. The summed E-state index contributed by atoms with van der Waals surface area (Å²) in [4.78, 5) is 23.4. The molecule has 0 spiro atoms. The van der Waals surface area contributed by atoms with Crippen LogP contribution in [0.5, 0.6) is 0 Å². The monoisotopic (exact) mass is 900 g/mol. The number of aliphatic hydroxyl groups excluding tert-OH is 7. The van der Waals surface area contributed by atoms with Crippen molar-refractivity contribution in [3.8, 4) is 0 Å². The maximum absolute atomic E-state index is 13.0. The first-order valence-electron chi connectivity index (χ1n) is 23.8. The molecule has 0 aromatic heterocycles. The van der Waals surface area contributed by atoms with Gasteiger partial charge in [0.15, 0.2) is 0 Å². The average molecular weight is 900 g/mol. The van der Waals surface area contributed by atoms with Crippen LogP contribution < -0.4 is 5.32 Å². The van der Waals surface area contributed by atoms with Gasteiger partial charge in [0.2, 0.25) is 5.91 Å². The number of phosphoric acid groups is 1. The fourth-order valence-corrected chi connectivity index (χ4v) is 8.22. The van der Waals surface area contributed by atoms with Crippen molar-refractivity contribution in [1.82, 2.24) is 5.32 Å². The Hall–Kier alpha value is -2.00. The van der Waals surface area contributed by atoms with E-state index in [-0.39, 0.29) is 6.42 Å². The van der Waals surface area contributed by atoms with Crippen molar-refractivity contribution < 1.29 is 59.0 Å². The number of phosphoric ester groups is 1. The second-order valence-corrected chi connectivity index (χ2v) is 18.2. The van der Waals surface area contributed by atoms with Crippen LogP contribution >= 0.6 is 7.82 Å². The zero-order valence-electron chi connectivity index (χ0n) is 38.0. The Labute approximate surface area is 373 Å². The fraction of sp³-hybridized carbons (Fsp3) is 0.771. The molecule has 1 fully saturated rings. The smallest absolute Gasteiger partial charge is 0.393 e. The molecule has 9 N–H and O–H groups in total. The highest BCUT2D eigenvalue weighted by molar-refractivity contribution is 7.47. The Kier molecular flexibility index (Phi) is 34.9. The number of carbonyl (C=O) groups is 1. The fourth-order valence-electron chi connectivity index (χ4n) is 7.25. The number of carbonyl (C=O) groups excluding carboxylic acids is 1. The summed E-state index contributed by atoms with van der Waals surface area (Å²) in [6.07, 6.45) is 32.2. The van der Waals surface area contributed by atoms with Crippen LogP contribution in [-0.4, -0.2) is 108 Å². The molecule has 0 radical (unpaired) electrons. The van der Waals surface area contributed by atoms with E-state index in [0.29, 0.717) is 19.3 Å². The first-order valence-corrected chi connectivity index (χ1v) is 25.3. The molecule has 0 aromatic carbocycles. The van der Waals surface area contributed by atoms with E-state index in [1.165, 1.54) is 83.1 Å². The topological polar surface area (TPSA) is 226 Å². The molecule has 1 aliphatic carbocycles. The van der Waals surface area contributed by atoms with Crippen molar-refractivity contribution in [2.24, 2.45) is 0 Å². The van der Waals surface area contributed by atoms with Gasteiger partial charge in [-0.05, 0) is 71.1 Å². The van der Waals surface area contributed by atoms with E-state index in [1.54, 1.807) is 6.08 Å². The number of amides is 1. The van der Waals surface area contributed by atoms with E-state index in [2.05, 4.69) is 48.7 Å². The van der Waals surface area contributed by atoms with E-state index < -0.39 is 75.2 Å². The summed E-state index contributed by atoms with van der Waals surface area (Å²) in [5.74, 6) is -0.617. The van der Waals surface area contributed by atoms with Gasteiger partial charge in [-0.2, -0.15) is 0 Å². The van der Waals surface area contributed by atoms with E-state index in [1.807, 2.05) is 19.1 Å². The van der Waals surface area contributed by atoms with Crippen molar-refractivity contribution in [2.45, 2.75) is 229 Å². The van der Waals surface area contributed by atoms with Crippen LogP contribution in [0.1, 0.15) is 174 Å². The molecule has 8 atom stereocenters. The predicted octanol–water partition coefficient (Wildman–Crippen LogP) is 8.09. The Balaban J connectivity index is 2.41. The van der Waals surface area contributed by atoms with Crippen molar-refractivity contribution in [3.63, 3.8) is 0 Å². The van der Waals surface area contributed by atoms with Gasteiger partial charge in [0.1, 0.15) is 36.6 Å². The molecule has 0 aliphatic heterocycles. The number of hydrogen-bond donors (Lipinski definition) is 9. The minimum atomic E-state index is -5.15. The van der Waals surface area contributed by atoms with Gasteiger partial charge in [-0.25, -0.2) is 4.57 Å². The molecule has 1 saturated carbocycles. The summed E-state index contributed by atoms with van der Waals surface area (Å²) in [6.45, 7) is 3.47. The highest BCUT2D eigenvalue weighted by atomic mass is 31.2. The largest absolute Gasteiger partial charge is 0.472 e. The standard InChI is InChI=1S/C48H86NO12P/c1-3-5-7-9-11-13-14-15-16-17-18-19-20-21-22-23-24-25-26-28-29-31-33-35-39(50)37-42(52)49-40(41(51)36-34-32-30-27-12-10-8-6-4-2)38-60-62(58,59)61-48-46(56)44(54)43(53)45(55)47(48)57/h4,6,12,18-19,21-22,27,34,36,39-41,43-48,50-51,53-57H,3,5,7-11,13-17,20,23-26,28-33,35,37-38H2,1-2H3,(H,49,52)(H,58,59)/b6-4+,19-18-,22-21-,27-12+,36-34+. The van der Waals surface area contributed by atoms with Gasteiger partial charge in [-0.1, -0.05) is 158 Å². The van der Waals surface area contributed by atoms with Gasteiger partial charge in [-0.3, -0.25) is 13.8 Å². The molecular weight excluding hydrogens is 813 g/mol. The number of unbranched alkanes of at least 4 members (excludes halogenated alkanes) is 18. The van der Waals surface area contributed by atoms with Crippen LogP contribution in [0.15, 0.2) is 60.8 Å². The molecule has 1 amide bonds. The molecule has 62 heavy (non-hydrogen) atoms. The summed E-state index contributed by atoms with van der Waals surface area (Å²) < 4.78 is 22.8. The molecule has 14 heteroatoms. The number of nitrogens with one attached hydrogen (secondary N) is 1. The van der Waals surface area contributed by atoms with Gasteiger partial charge in [0.05, 0.1) is 31.3 Å². The normalized spacial score (nSPS) is 23.6. The number of aliphatic hydroxyl groups is 7. The molecule has 8 unspecified atom stereocenters. The lowest BCUT2D eigenvalue weighted by Gasteiger charge is -2.41. The van der Waals surface area contributed by atoms with E-state index in [9.17, 15) is 50.0 Å². The zero-order chi connectivity index (χ0) is 45.9. The Morgan fingerprint density at radius 3 is 1.60 bits per heavy atom. The van der Waals surface area contributed by atoms with Crippen molar-refractivity contribution >= 4 is 13.7 Å². The van der Waals surface area contributed by atoms with Crippen molar-refractivity contribution in [3.05, 3.63) is 60.8 Å². The van der Waals surface area contributed by atoms with Crippen LogP contribution in [0.25, 0.3) is 0 Å². The second-order valence-electron chi connectivity index (χ2n) is 16.8. The summed E-state index contributed by atoms with van der Waals surface area (Å²) in [6, 6.07) is -1.27. The number of rotatable bonds is 38. The zero-order valence-corrected chi connectivity index (χ0v) is 38.9. The van der Waals surface area contributed by atoms with Crippen molar-refractivity contribution in [1.29, 1.82) is 0 Å². The summed E-state index contributed by atoms with van der Waals surface area (Å²) >= 11 is 0. The molecule has 0 aromatic rings. The molecule has 13 nitrogen and oxygen atoms in total. The summed E-state index contributed by atoms with van der Waals surface area (Å²) in [5.41, 5.74) is 0. The van der Waals surface area contributed by atoms with Gasteiger partial charge in [0, 0.05) is 0 Å². The third kappa shape index (κ3) is 28.7. The lowest BCUT2D eigenvalue weighted by molar-refractivity contribution is -0.220. The SMILES string of the molecule is C/C=C/CC/C=C/CC/C=C/C(O)C(COP(=O)(O)OC1C(O)C(O)C(O)C(O)C1O)NC(=O)CC(O)CCCCCCCCC/C=C\C/C=C\CCCCCCCCCCC. The van der Waals surface area contributed by atoms with E-state index >= 15 is 0 Å². The van der Waals surface area contributed by atoms with Gasteiger partial charge >= 0.3 is 7.82 Å². The molecule has 360 valence electrons. The van der Waals surface area contributed by atoms with Crippen LogP contribution in [-0.2, 0) is 18.4 Å². The Bertz CT molecular complexity index is 1290. The van der Waals surface area contributed by atoms with Crippen LogP contribution in [0, 0.1) is 0 Å². The van der Waals surface area contributed by atoms with Crippen LogP contribution in [0.2, 0.25) is 0 Å². The van der Waals surface area contributed by atoms with Crippen LogP contribution in [0.4, 0.5) is 0 Å². The average Bonchev–Trinajstić information content (AvgIpc) is 3.24. The molecule has 1 rings (SSSR count). The van der Waals surface area contributed by atoms with Gasteiger partial charge < -0.3 is 46.0 Å². The Morgan fingerprint density at radius 2 is 1.06 bits per heavy atom. The van der Waals surface area contributed by atoms with Gasteiger partial charge in [0.25, 0.3) is 0 Å². The molecule has 1 aliphatic rings. The highest BCUT2D eigenvalue weighted by Crippen LogP contribution is 2.47. The third-order valence-electron chi connectivity index (χ3n) is 11.1. The molecule has 0 bridgehead atoms. The predicted molar refractivity (Wildman–Crippen MR) is 247 cm³/mol.